The standard InChI is InChI=1S/C19H27BO4/c1-18(2)19(3,4)24-20(23-18)17-8-14(13-5-6-13)7-15(9-17)16-10-21-12-22-11-16/h7-9,13,16H,5-6,10-12H2,1-4H3. The van der Waals surface area contributed by atoms with Gasteiger partial charge < -0.3 is 18.8 Å². The van der Waals surface area contributed by atoms with Crippen LogP contribution in [0.1, 0.15) is 63.5 Å². The van der Waals surface area contributed by atoms with Crippen LogP contribution >= 0.6 is 0 Å². The SMILES string of the molecule is CC1(C)OB(c2cc(C3CC3)cc(C3COCOC3)c2)OC1(C)C. The van der Waals surface area contributed by atoms with E-state index in [1.54, 1.807) is 0 Å². The van der Waals surface area contributed by atoms with Crippen LogP contribution in [0.5, 0.6) is 0 Å². The number of rotatable bonds is 3. The predicted octanol–water partition coefficient (Wildman–Crippen LogP) is 2.95. The molecule has 0 unspecified atom stereocenters. The van der Waals surface area contributed by atoms with Gasteiger partial charge in [-0.3, -0.25) is 0 Å². The lowest BCUT2D eigenvalue weighted by Gasteiger charge is -2.32. The monoisotopic (exact) mass is 330 g/mol. The second kappa shape index (κ2) is 5.84. The van der Waals surface area contributed by atoms with Crippen LogP contribution in [0.4, 0.5) is 0 Å². The van der Waals surface area contributed by atoms with Crippen molar-refractivity contribution in [3.05, 3.63) is 29.3 Å². The molecule has 3 aliphatic rings. The molecule has 2 aliphatic heterocycles. The minimum atomic E-state index is -0.315. The molecule has 1 aliphatic carbocycles. The largest absolute Gasteiger partial charge is 0.494 e. The fourth-order valence-electron chi connectivity index (χ4n) is 3.39. The summed E-state index contributed by atoms with van der Waals surface area (Å²) in [6.45, 7) is 10.2. The highest BCUT2D eigenvalue weighted by Crippen LogP contribution is 2.41. The highest BCUT2D eigenvalue weighted by atomic mass is 16.7. The first-order valence-electron chi connectivity index (χ1n) is 9.02. The van der Waals surface area contributed by atoms with Crippen LogP contribution in [-0.2, 0) is 18.8 Å². The van der Waals surface area contributed by atoms with E-state index in [4.69, 9.17) is 18.8 Å². The third-order valence-corrected chi connectivity index (χ3v) is 5.85. The van der Waals surface area contributed by atoms with Crippen molar-refractivity contribution in [3.63, 3.8) is 0 Å². The molecule has 24 heavy (non-hydrogen) atoms. The summed E-state index contributed by atoms with van der Waals surface area (Å²) in [7, 11) is -0.308. The van der Waals surface area contributed by atoms with Crippen LogP contribution in [0.15, 0.2) is 18.2 Å². The molecule has 0 aromatic heterocycles. The van der Waals surface area contributed by atoms with Gasteiger partial charge in [-0.15, -0.1) is 0 Å². The minimum Gasteiger partial charge on any atom is -0.399 e. The van der Waals surface area contributed by atoms with Crippen LogP contribution < -0.4 is 5.46 Å². The summed E-state index contributed by atoms with van der Waals surface area (Å²) in [5.74, 6) is 0.982. The maximum atomic E-state index is 6.26. The van der Waals surface area contributed by atoms with Crippen molar-refractivity contribution in [2.75, 3.05) is 20.0 Å². The van der Waals surface area contributed by atoms with Gasteiger partial charge in [0.15, 0.2) is 0 Å². The fourth-order valence-corrected chi connectivity index (χ4v) is 3.39. The van der Waals surface area contributed by atoms with Gasteiger partial charge in [-0.05, 0) is 63.0 Å². The first-order chi connectivity index (χ1) is 11.4. The molecule has 1 aromatic carbocycles. The van der Waals surface area contributed by atoms with Crippen LogP contribution in [0.2, 0.25) is 0 Å². The van der Waals surface area contributed by atoms with Gasteiger partial charge >= 0.3 is 7.12 Å². The lowest BCUT2D eigenvalue weighted by atomic mass is 9.76. The number of ether oxygens (including phenoxy) is 2. The van der Waals surface area contributed by atoms with Gasteiger partial charge in [-0.2, -0.15) is 0 Å². The molecule has 1 aromatic rings. The molecule has 0 atom stereocenters. The van der Waals surface area contributed by atoms with Crippen molar-refractivity contribution in [2.24, 2.45) is 0 Å². The minimum absolute atomic E-state index is 0.290. The summed E-state index contributed by atoms with van der Waals surface area (Å²) in [5, 5.41) is 0. The van der Waals surface area contributed by atoms with Crippen molar-refractivity contribution < 1.29 is 18.8 Å². The summed E-state index contributed by atoms with van der Waals surface area (Å²) in [5.41, 5.74) is 3.18. The Bertz CT molecular complexity index is 602. The highest BCUT2D eigenvalue weighted by molar-refractivity contribution is 6.62. The lowest BCUT2D eigenvalue weighted by Crippen LogP contribution is -2.41. The zero-order valence-electron chi connectivity index (χ0n) is 15.1. The molecule has 0 N–H and O–H groups in total. The van der Waals surface area contributed by atoms with Gasteiger partial charge in [0.1, 0.15) is 6.79 Å². The van der Waals surface area contributed by atoms with Crippen LogP contribution in [0, 0.1) is 0 Å². The van der Waals surface area contributed by atoms with E-state index in [-0.39, 0.29) is 18.3 Å². The van der Waals surface area contributed by atoms with E-state index in [1.807, 2.05) is 0 Å². The Morgan fingerprint density at radius 3 is 1.92 bits per heavy atom. The molecule has 0 bridgehead atoms. The Kier molecular flexibility index (Phi) is 4.03. The predicted molar refractivity (Wildman–Crippen MR) is 93.6 cm³/mol. The normalized spacial score (nSPS) is 26.8. The Labute approximate surface area is 145 Å². The summed E-state index contributed by atoms with van der Waals surface area (Å²) in [6, 6.07) is 6.82. The molecular weight excluding hydrogens is 303 g/mol. The molecule has 130 valence electrons. The second-order valence-electron chi connectivity index (χ2n) is 8.35. The smallest absolute Gasteiger partial charge is 0.399 e. The van der Waals surface area contributed by atoms with Gasteiger partial charge in [0.2, 0.25) is 0 Å². The van der Waals surface area contributed by atoms with Gasteiger partial charge in [-0.1, -0.05) is 18.2 Å². The zero-order valence-corrected chi connectivity index (χ0v) is 15.1. The van der Waals surface area contributed by atoms with Crippen molar-refractivity contribution in [1.82, 2.24) is 0 Å². The molecule has 0 spiro atoms. The summed E-state index contributed by atoms with van der Waals surface area (Å²) < 4.78 is 23.5. The Morgan fingerprint density at radius 2 is 1.38 bits per heavy atom. The lowest BCUT2D eigenvalue weighted by molar-refractivity contribution is -0.108. The van der Waals surface area contributed by atoms with Crippen LogP contribution in [-0.4, -0.2) is 38.3 Å². The number of hydrogen-bond acceptors (Lipinski definition) is 4. The zero-order chi connectivity index (χ0) is 16.9. The van der Waals surface area contributed by atoms with Crippen molar-refractivity contribution >= 4 is 12.6 Å². The number of benzene rings is 1. The van der Waals surface area contributed by atoms with E-state index in [9.17, 15) is 0 Å². The second-order valence-corrected chi connectivity index (χ2v) is 8.35. The molecule has 5 heteroatoms. The van der Waals surface area contributed by atoms with E-state index in [0.717, 1.165) is 18.7 Å². The summed E-state index contributed by atoms with van der Waals surface area (Å²) in [4.78, 5) is 0. The number of hydrogen-bond donors (Lipinski definition) is 0. The summed E-state index contributed by atoms with van der Waals surface area (Å²) in [6.07, 6.45) is 2.56. The maximum Gasteiger partial charge on any atom is 0.494 e. The molecule has 3 fully saturated rings. The average molecular weight is 330 g/mol. The van der Waals surface area contributed by atoms with E-state index in [0.29, 0.717) is 18.6 Å². The third-order valence-electron chi connectivity index (χ3n) is 5.85. The molecule has 0 radical (unpaired) electrons. The topological polar surface area (TPSA) is 36.9 Å². The molecule has 1 saturated carbocycles. The third kappa shape index (κ3) is 3.03. The highest BCUT2D eigenvalue weighted by Gasteiger charge is 2.52. The van der Waals surface area contributed by atoms with Crippen molar-refractivity contribution in [1.29, 1.82) is 0 Å². The van der Waals surface area contributed by atoms with E-state index in [1.165, 1.54) is 24.0 Å². The molecule has 4 rings (SSSR count). The van der Waals surface area contributed by atoms with Gasteiger partial charge in [0.25, 0.3) is 0 Å². The van der Waals surface area contributed by atoms with Crippen LogP contribution in [0.3, 0.4) is 0 Å². The van der Waals surface area contributed by atoms with Crippen LogP contribution in [0.25, 0.3) is 0 Å². The molecule has 0 amide bonds. The van der Waals surface area contributed by atoms with Crippen molar-refractivity contribution in [3.8, 4) is 0 Å². The Morgan fingerprint density at radius 1 is 0.833 bits per heavy atom. The van der Waals surface area contributed by atoms with E-state index >= 15 is 0 Å². The quantitative estimate of drug-likeness (QED) is 0.799. The fraction of sp³-hybridized carbons (Fsp3) is 0.684. The van der Waals surface area contributed by atoms with Crippen molar-refractivity contribution in [2.45, 2.75) is 63.6 Å². The molecule has 4 nitrogen and oxygen atoms in total. The van der Waals surface area contributed by atoms with Gasteiger partial charge in [0, 0.05) is 5.92 Å². The maximum absolute atomic E-state index is 6.26. The van der Waals surface area contributed by atoms with Gasteiger partial charge in [0.05, 0.1) is 24.4 Å². The average Bonchev–Trinajstić information content (AvgIpc) is 3.36. The first kappa shape index (κ1) is 16.6. The van der Waals surface area contributed by atoms with E-state index in [2.05, 4.69) is 45.9 Å². The Balaban J connectivity index is 1.66. The Hall–Kier alpha value is -0.875. The summed E-state index contributed by atoms with van der Waals surface area (Å²) >= 11 is 0. The molecular formula is C19H27BO4. The van der Waals surface area contributed by atoms with Gasteiger partial charge in [-0.25, -0.2) is 0 Å². The molecule has 2 heterocycles. The van der Waals surface area contributed by atoms with E-state index < -0.39 is 0 Å². The first-order valence-corrected chi connectivity index (χ1v) is 9.02. The molecule has 2 saturated heterocycles.